The van der Waals surface area contributed by atoms with Crippen LogP contribution >= 0.6 is 15.9 Å². The second-order valence-electron chi connectivity index (χ2n) is 4.59. The smallest absolute Gasteiger partial charge is 0.148 e. The Bertz CT molecular complexity index is 516. The minimum atomic E-state index is 0.0480. The maximum atomic E-state index is 6.14. The lowest BCUT2D eigenvalue weighted by Gasteiger charge is -2.06. The Morgan fingerprint density at radius 2 is 2.25 bits per heavy atom. The van der Waals surface area contributed by atoms with Gasteiger partial charge in [0.1, 0.15) is 11.3 Å². The fourth-order valence-corrected chi connectivity index (χ4v) is 2.52. The molecule has 84 valence electrons. The van der Waals surface area contributed by atoms with Gasteiger partial charge >= 0.3 is 0 Å². The largest absolute Gasteiger partial charge is 0.458 e. The molecular formula is C13H14BrNO. The standard InChI is InChI=1S/C13H14BrNO/c14-10-3-1-2-9-7-12(16-13(9)10)11(15)6-8-4-5-8/h1-3,7-8,11H,4-6,15H2. The van der Waals surface area contributed by atoms with Crippen LogP contribution in [0.1, 0.15) is 31.1 Å². The van der Waals surface area contributed by atoms with Gasteiger partial charge in [0.2, 0.25) is 0 Å². The van der Waals surface area contributed by atoms with Crippen LogP contribution in [0, 0.1) is 5.92 Å². The van der Waals surface area contributed by atoms with Gasteiger partial charge in [0, 0.05) is 5.39 Å². The summed E-state index contributed by atoms with van der Waals surface area (Å²) < 4.78 is 6.81. The number of fused-ring (bicyclic) bond motifs is 1. The van der Waals surface area contributed by atoms with Crippen molar-refractivity contribution in [1.82, 2.24) is 0 Å². The van der Waals surface area contributed by atoms with E-state index < -0.39 is 0 Å². The van der Waals surface area contributed by atoms with Gasteiger partial charge in [0.25, 0.3) is 0 Å². The Morgan fingerprint density at radius 1 is 1.44 bits per heavy atom. The summed E-state index contributed by atoms with van der Waals surface area (Å²) in [6.45, 7) is 0. The molecule has 1 saturated carbocycles. The van der Waals surface area contributed by atoms with Gasteiger partial charge in [-0.1, -0.05) is 25.0 Å². The molecule has 1 fully saturated rings. The highest BCUT2D eigenvalue weighted by Gasteiger charge is 2.26. The molecule has 0 aliphatic heterocycles. The van der Waals surface area contributed by atoms with Gasteiger partial charge in [-0.3, -0.25) is 0 Å². The molecule has 3 rings (SSSR count). The number of hydrogen-bond donors (Lipinski definition) is 1. The summed E-state index contributed by atoms with van der Waals surface area (Å²) in [6.07, 6.45) is 3.71. The zero-order valence-corrected chi connectivity index (χ0v) is 10.5. The summed E-state index contributed by atoms with van der Waals surface area (Å²) in [4.78, 5) is 0. The number of para-hydroxylation sites is 1. The normalized spacial score (nSPS) is 17.9. The summed E-state index contributed by atoms with van der Waals surface area (Å²) in [5.41, 5.74) is 7.05. The van der Waals surface area contributed by atoms with E-state index >= 15 is 0 Å². The Labute approximate surface area is 103 Å². The molecule has 1 unspecified atom stereocenters. The number of rotatable bonds is 3. The van der Waals surface area contributed by atoms with E-state index in [4.69, 9.17) is 10.2 Å². The predicted octanol–water partition coefficient (Wildman–Crippen LogP) is 4.00. The molecule has 0 amide bonds. The summed E-state index contributed by atoms with van der Waals surface area (Å²) >= 11 is 3.49. The average Bonchev–Trinajstić information content (AvgIpc) is 2.95. The van der Waals surface area contributed by atoms with Crippen molar-refractivity contribution < 1.29 is 4.42 Å². The van der Waals surface area contributed by atoms with Crippen molar-refractivity contribution >= 4 is 26.9 Å². The van der Waals surface area contributed by atoms with E-state index in [0.717, 1.165) is 33.5 Å². The molecule has 1 atom stereocenters. The van der Waals surface area contributed by atoms with Crippen LogP contribution in [0.2, 0.25) is 0 Å². The minimum Gasteiger partial charge on any atom is -0.458 e. The molecule has 0 radical (unpaired) electrons. The fraction of sp³-hybridized carbons (Fsp3) is 0.385. The third-order valence-corrected chi connectivity index (χ3v) is 3.79. The van der Waals surface area contributed by atoms with E-state index in [2.05, 4.69) is 28.1 Å². The Balaban J connectivity index is 1.94. The zero-order chi connectivity index (χ0) is 11.1. The Morgan fingerprint density at radius 3 is 2.94 bits per heavy atom. The molecule has 2 N–H and O–H groups in total. The first-order chi connectivity index (χ1) is 7.74. The quantitative estimate of drug-likeness (QED) is 0.923. The monoisotopic (exact) mass is 279 g/mol. The third-order valence-electron chi connectivity index (χ3n) is 3.16. The van der Waals surface area contributed by atoms with Crippen LogP contribution in [0.15, 0.2) is 33.2 Å². The highest BCUT2D eigenvalue weighted by Crippen LogP contribution is 2.38. The molecular weight excluding hydrogens is 266 g/mol. The third kappa shape index (κ3) is 1.89. The number of nitrogens with two attached hydrogens (primary N) is 1. The second kappa shape index (κ2) is 3.90. The minimum absolute atomic E-state index is 0.0480. The number of hydrogen-bond acceptors (Lipinski definition) is 2. The van der Waals surface area contributed by atoms with Crippen LogP contribution in [0.5, 0.6) is 0 Å². The van der Waals surface area contributed by atoms with Crippen LogP contribution in [-0.2, 0) is 0 Å². The summed E-state index contributed by atoms with van der Waals surface area (Å²) in [5, 5.41) is 1.12. The van der Waals surface area contributed by atoms with Crippen molar-refractivity contribution in [3.63, 3.8) is 0 Å². The molecule has 1 heterocycles. The predicted molar refractivity (Wildman–Crippen MR) is 68.2 cm³/mol. The first-order valence-corrected chi connectivity index (χ1v) is 6.47. The first-order valence-electron chi connectivity index (χ1n) is 5.67. The maximum Gasteiger partial charge on any atom is 0.148 e. The summed E-state index contributed by atoms with van der Waals surface area (Å²) in [6, 6.07) is 8.16. The average molecular weight is 280 g/mol. The van der Waals surface area contributed by atoms with E-state index in [1.807, 2.05) is 12.1 Å². The lowest BCUT2D eigenvalue weighted by Crippen LogP contribution is -2.09. The van der Waals surface area contributed by atoms with Crippen molar-refractivity contribution in [2.24, 2.45) is 11.7 Å². The van der Waals surface area contributed by atoms with Crippen LogP contribution in [0.3, 0.4) is 0 Å². The maximum absolute atomic E-state index is 6.14. The van der Waals surface area contributed by atoms with E-state index in [1.54, 1.807) is 0 Å². The molecule has 1 aliphatic rings. The molecule has 1 aromatic heterocycles. The summed E-state index contributed by atoms with van der Waals surface area (Å²) in [5.74, 6) is 1.74. The van der Waals surface area contributed by atoms with Crippen LogP contribution in [0.4, 0.5) is 0 Å². The van der Waals surface area contributed by atoms with Crippen molar-refractivity contribution in [2.45, 2.75) is 25.3 Å². The van der Waals surface area contributed by atoms with E-state index in [9.17, 15) is 0 Å². The second-order valence-corrected chi connectivity index (χ2v) is 5.45. The molecule has 2 nitrogen and oxygen atoms in total. The molecule has 0 bridgehead atoms. The number of benzene rings is 1. The van der Waals surface area contributed by atoms with Crippen molar-refractivity contribution in [2.75, 3.05) is 0 Å². The van der Waals surface area contributed by atoms with Crippen LogP contribution in [-0.4, -0.2) is 0 Å². The number of halogens is 1. The SMILES string of the molecule is NC(CC1CC1)c1cc2cccc(Br)c2o1. The van der Waals surface area contributed by atoms with E-state index in [-0.39, 0.29) is 6.04 Å². The highest BCUT2D eigenvalue weighted by molar-refractivity contribution is 9.10. The molecule has 0 saturated heterocycles. The molecule has 3 heteroatoms. The summed E-state index contributed by atoms with van der Waals surface area (Å²) in [7, 11) is 0. The van der Waals surface area contributed by atoms with Gasteiger partial charge in [-0.2, -0.15) is 0 Å². The lowest BCUT2D eigenvalue weighted by atomic mass is 10.1. The Hall–Kier alpha value is -0.800. The fourth-order valence-electron chi connectivity index (χ4n) is 2.06. The first kappa shape index (κ1) is 10.4. The topological polar surface area (TPSA) is 39.2 Å². The van der Waals surface area contributed by atoms with Crippen molar-refractivity contribution in [3.8, 4) is 0 Å². The van der Waals surface area contributed by atoms with Gasteiger partial charge in [0.05, 0.1) is 10.5 Å². The van der Waals surface area contributed by atoms with Crippen LogP contribution < -0.4 is 5.73 Å². The Kier molecular flexibility index (Phi) is 2.52. The van der Waals surface area contributed by atoms with E-state index in [1.165, 1.54) is 12.8 Å². The van der Waals surface area contributed by atoms with Crippen molar-refractivity contribution in [1.29, 1.82) is 0 Å². The van der Waals surface area contributed by atoms with Gasteiger partial charge in [-0.25, -0.2) is 0 Å². The molecule has 0 spiro atoms. The van der Waals surface area contributed by atoms with Gasteiger partial charge < -0.3 is 10.2 Å². The number of furan rings is 1. The van der Waals surface area contributed by atoms with E-state index in [0.29, 0.717) is 0 Å². The van der Waals surface area contributed by atoms with Gasteiger partial charge in [0.15, 0.2) is 0 Å². The molecule has 2 aromatic rings. The molecule has 1 aliphatic carbocycles. The van der Waals surface area contributed by atoms with Gasteiger partial charge in [-0.05, 0) is 40.4 Å². The molecule has 1 aromatic carbocycles. The van der Waals surface area contributed by atoms with Crippen LogP contribution in [0.25, 0.3) is 11.0 Å². The highest BCUT2D eigenvalue weighted by atomic mass is 79.9. The van der Waals surface area contributed by atoms with Gasteiger partial charge in [-0.15, -0.1) is 0 Å². The molecule has 16 heavy (non-hydrogen) atoms. The zero-order valence-electron chi connectivity index (χ0n) is 8.95. The lowest BCUT2D eigenvalue weighted by molar-refractivity contribution is 0.462. The van der Waals surface area contributed by atoms with Crippen molar-refractivity contribution in [3.05, 3.63) is 34.5 Å².